The summed E-state index contributed by atoms with van der Waals surface area (Å²) >= 11 is 13.9. The predicted molar refractivity (Wildman–Crippen MR) is 120 cm³/mol. The maximum Gasteiger partial charge on any atom is 0.0777 e. The van der Waals surface area contributed by atoms with E-state index in [1.807, 2.05) is 46.8 Å². The van der Waals surface area contributed by atoms with Crippen LogP contribution >= 0.6 is 55.5 Å². The van der Waals surface area contributed by atoms with E-state index in [0.29, 0.717) is 0 Å². The van der Waals surface area contributed by atoms with Crippen LogP contribution in [0, 0.1) is 0 Å². The summed E-state index contributed by atoms with van der Waals surface area (Å²) in [5.41, 5.74) is 3.88. The van der Waals surface area contributed by atoms with Gasteiger partial charge in [0.2, 0.25) is 0 Å². The van der Waals surface area contributed by atoms with E-state index in [9.17, 15) is 0 Å². The first-order valence-corrected chi connectivity index (χ1v) is 12.4. The Morgan fingerprint density at radius 3 is 2.38 bits per heavy atom. The molecular weight excluding hydrogens is 423 g/mol. The Balaban J connectivity index is 1.48. The highest BCUT2D eigenvalue weighted by molar-refractivity contribution is 8.88. The van der Waals surface area contributed by atoms with Gasteiger partial charge in [0.25, 0.3) is 0 Å². The second kappa shape index (κ2) is 6.95. The van der Waals surface area contributed by atoms with Crippen molar-refractivity contribution in [2.45, 2.75) is 24.2 Å². The SMILES string of the molecule is Clc1ccc(SC2=C3CCCC4=NN(c5ccc(Cl)cc5)S(=C43)S2)cc1. The molecule has 2 heterocycles. The average molecular weight is 437 g/mol. The second-order valence-corrected chi connectivity index (χ2v) is 11.6. The van der Waals surface area contributed by atoms with E-state index < -0.39 is 0 Å². The number of nitrogens with zero attached hydrogens (tertiary/aromatic N) is 2. The molecule has 0 amide bonds. The average Bonchev–Trinajstić information content (AvgIpc) is 3.20. The molecule has 2 nitrogen and oxygen atoms in total. The first kappa shape index (κ1) is 17.3. The van der Waals surface area contributed by atoms with Gasteiger partial charge in [-0.2, -0.15) is 5.10 Å². The van der Waals surface area contributed by atoms with Gasteiger partial charge in [-0.05, 0) is 84.2 Å². The zero-order valence-corrected chi connectivity index (χ0v) is 17.6. The number of hydrazone groups is 1. The smallest absolute Gasteiger partial charge is 0.0777 e. The van der Waals surface area contributed by atoms with E-state index in [4.69, 9.17) is 28.3 Å². The lowest BCUT2D eigenvalue weighted by Crippen LogP contribution is -2.18. The molecule has 0 aromatic heterocycles. The molecule has 1 unspecified atom stereocenters. The normalized spacial score (nSPS) is 21.3. The largest absolute Gasteiger partial charge is 0.202 e. The van der Waals surface area contributed by atoms with Crippen molar-refractivity contribution in [3.63, 3.8) is 0 Å². The van der Waals surface area contributed by atoms with Crippen LogP contribution in [-0.2, 0) is 0 Å². The molecule has 1 fully saturated rings. The van der Waals surface area contributed by atoms with Gasteiger partial charge < -0.3 is 0 Å². The molecule has 0 radical (unpaired) electrons. The number of rotatable bonds is 3. The van der Waals surface area contributed by atoms with Crippen molar-refractivity contribution in [3.05, 3.63) is 68.4 Å². The lowest BCUT2D eigenvalue weighted by Gasteiger charge is -2.19. The molecule has 0 N–H and O–H groups in total. The van der Waals surface area contributed by atoms with Crippen LogP contribution in [0.4, 0.5) is 5.69 Å². The zero-order chi connectivity index (χ0) is 17.7. The van der Waals surface area contributed by atoms with Gasteiger partial charge >= 0.3 is 0 Å². The fraction of sp³-hybridized carbons (Fsp3) is 0.158. The summed E-state index contributed by atoms with van der Waals surface area (Å²) in [4.78, 5) is 2.70. The lowest BCUT2D eigenvalue weighted by molar-refractivity contribution is 0.865. The molecule has 1 atom stereocenters. The van der Waals surface area contributed by atoms with Crippen molar-refractivity contribution in [2.75, 3.05) is 4.41 Å². The van der Waals surface area contributed by atoms with E-state index in [-0.39, 0.29) is 9.70 Å². The summed E-state index contributed by atoms with van der Waals surface area (Å²) in [5, 5.41) is 6.48. The topological polar surface area (TPSA) is 15.6 Å². The quantitative estimate of drug-likeness (QED) is 0.368. The Hall–Kier alpha value is -0.850. The molecule has 26 heavy (non-hydrogen) atoms. The summed E-state index contributed by atoms with van der Waals surface area (Å²) in [6.07, 6.45) is 3.40. The molecule has 1 saturated carbocycles. The highest BCUT2D eigenvalue weighted by Gasteiger charge is 2.38. The maximum absolute atomic E-state index is 6.06. The number of anilines is 1. The van der Waals surface area contributed by atoms with Crippen LogP contribution in [0.15, 0.2) is 68.3 Å². The third-order valence-electron chi connectivity index (χ3n) is 4.39. The minimum absolute atomic E-state index is 0.0813. The standard InChI is InChI=1S/C19H14Cl2N2S3/c20-12-4-8-14(9-5-12)23-22-17-3-1-2-16-18(17)26(23)25-19(16)24-15-10-6-13(21)7-11-15/h4-11H,1-3H2. The highest BCUT2D eigenvalue weighted by atomic mass is 35.5. The van der Waals surface area contributed by atoms with Gasteiger partial charge in [-0.1, -0.05) is 35.0 Å². The van der Waals surface area contributed by atoms with E-state index in [2.05, 4.69) is 28.7 Å². The van der Waals surface area contributed by atoms with Crippen LogP contribution in [0.1, 0.15) is 19.3 Å². The van der Waals surface area contributed by atoms with E-state index in [1.54, 1.807) is 0 Å². The summed E-state index contributed by atoms with van der Waals surface area (Å²) in [7, 11) is 1.86. The van der Waals surface area contributed by atoms with Gasteiger partial charge in [-0.25, -0.2) is 4.41 Å². The van der Waals surface area contributed by atoms with E-state index in [0.717, 1.165) is 28.6 Å². The van der Waals surface area contributed by atoms with Crippen LogP contribution in [0.2, 0.25) is 10.0 Å². The number of thioether (sulfide) groups is 1. The van der Waals surface area contributed by atoms with Crippen molar-refractivity contribution in [3.8, 4) is 0 Å². The number of hydrogen-bond acceptors (Lipinski definition) is 4. The van der Waals surface area contributed by atoms with Crippen LogP contribution < -0.4 is 4.41 Å². The van der Waals surface area contributed by atoms with E-state index >= 15 is 0 Å². The Morgan fingerprint density at radius 2 is 1.65 bits per heavy atom. The Kier molecular flexibility index (Phi) is 4.62. The van der Waals surface area contributed by atoms with Gasteiger partial charge in [0.15, 0.2) is 0 Å². The Morgan fingerprint density at radius 1 is 0.962 bits per heavy atom. The summed E-state index contributed by atoms with van der Waals surface area (Å²) in [5.74, 6) is 0. The molecule has 0 spiro atoms. The molecule has 132 valence electrons. The van der Waals surface area contributed by atoms with Crippen LogP contribution in [-0.4, -0.2) is 10.6 Å². The highest BCUT2D eigenvalue weighted by Crippen LogP contribution is 2.60. The molecule has 5 rings (SSSR count). The molecule has 1 aliphatic carbocycles. The molecule has 0 saturated heterocycles. The molecule has 3 aliphatic rings. The summed E-state index contributed by atoms with van der Waals surface area (Å²) in [6, 6.07) is 16.1. The molecule has 2 aromatic rings. The molecule has 7 heteroatoms. The number of benzene rings is 2. The maximum atomic E-state index is 6.06. The Bertz CT molecular complexity index is 979. The predicted octanol–water partition coefficient (Wildman–Crippen LogP) is 7.38. The summed E-state index contributed by atoms with van der Waals surface area (Å²) in [6.45, 7) is 0. The van der Waals surface area contributed by atoms with E-state index in [1.165, 1.54) is 31.7 Å². The van der Waals surface area contributed by atoms with Crippen molar-refractivity contribution in [1.29, 1.82) is 0 Å². The first-order chi connectivity index (χ1) is 12.7. The van der Waals surface area contributed by atoms with Crippen molar-refractivity contribution in [1.82, 2.24) is 0 Å². The monoisotopic (exact) mass is 436 g/mol. The zero-order valence-electron chi connectivity index (χ0n) is 13.6. The van der Waals surface area contributed by atoms with Gasteiger partial charge in [0.05, 0.1) is 20.5 Å². The first-order valence-electron chi connectivity index (χ1n) is 8.29. The van der Waals surface area contributed by atoms with Gasteiger partial charge in [-0.3, -0.25) is 0 Å². The molecule has 0 bridgehead atoms. The van der Waals surface area contributed by atoms with Crippen LogP contribution in [0.25, 0.3) is 0 Å². The minimum atomic E-state index is -0.0813. The lowest BCUT2D eigenvalue weighted by atomic mass is 9.94. The molecule has 2 aliphatic heterocycles. The number of halogens is 2. The van der Waals surface area contributed by atoms with Crippen molar-refractivity contribution >= 4 is 71.7 Å². The Labute approximate surface area is 173 Å². The third-order valence-corrected chi connectivity index (χ3v) is 10.5. The third kappa shape index (κ3) is 3.04. The summed E-state index contributed by atoms with van der Waals surface area (Å²) < 4.78 is 3.60. The molecule has 2 aromatic carbocycles. The van der Waals surface area contributed by atoms with Gasteiger partial charge in [0.1, 0.15) is 0 Å². The number of allylic oxidation sites excluding steroid dienone is 1. The van der Waals surface area contributed by atoms with Crippen LogP contribution in [0.5, 0.6) is 0 Å². The fourth-order valence-corrected chi connectivity index (χ4v) is 9.84. The van der Waals surface area contributed by atoms with Gasteiger partial charge in [-0.15, -0.1) is 0 Å². The number of hydrogen-bond donors (Lipinski definition) is 0. The second-order valence-electron chi connectivity index (χ2n) is 6.13. The fourth-order valence-electron chi connectivity index (χ4n) is 3.17. The van der Waals surface area contributed by atoms with Gasteiger partial charge in [0, 0.05) is 24.6 Å². The van der Waals surface area contributed by atoms with Crippen molar-refractivity contribution in [2.24, 2.45) is 5.10 Å². The van der Waals surface area contributed by atoms with Crippen molar-refractivity contribution < 1.29 is 0 Å². The minimum Gasteiger partial charge on any atom is -0.202 e. The van der Waals surface area contributed by atoms with Crippen LogP contribution in [0.3, 0.4) is 0 Å². The molecular formula is C19H14Cl2N2S3.